The largest absolute Gasteiger partial charge is 0.360 e. The predicted molar refractivity (Wildman–Crippen MR) is 78.1 cm³/mol. The fourth-order valence-electron chi connectivity index (χ4n) is 1.78. The van der Waals surface area contributed by atoms with Gasteiger partial charge in [-0.1, -0.05) is 0 Å². The maximum atomic E-state index is 5.16. The van der Waals surface area contributed by atoms with E-state index in [4.69, 9.17) is 4.52 Å². The summed E-state index contributed by atoms with van der Waals surface area (Å²) < 4.78 is 5.16. The van der Waals surface area contributed by atoms with Gasteiger partial charge in [-0.15, -0.1) is 11.3 Å². The van der Waals surface area contributed by atoms with Gasteiger partial charge >= 0.3 is 0 Å². The monoisotopic (exact) mass is 290 g/mol. The van der Waals surface area contributed by atoms with E-state index < -0.39 is 0 Å². The zero-order chi connectivity index (χ0) is 14.1. The minimum Gasteiger partial charge on any atom is -0.360 e. The summed E-state index contributed by atoms with van der Waals surface area (Å²) >= 11 is 1.65. The van der Waals surface area contributed by atoms with Gasteiger partial charge in [0, 0.05) is 19.0 Å². The molecule has 3 aromatic rings. The van der Waals surface area contributed by atoms with Crippen molar-refractivity contribution >= 4 is 33.3 Å². The summed E-state index contributed by atoms with van der Waals surface area (Å²) in [7, 11) is 3.73. The third-order valence-corrected chi connectivity index (χ3v) is 3.68. The predicted octanol–water partition coefficient (Wildman–Crippen LogP) is 2.06. The highest BCUT2D eigenvalue weighted by Crippen LogP contribution is 2.27. The number of thiophene rings is 1. The molecule has 0 saturated carbocycles. The van der Waals surface area contributed by atoms with Crippen molar-refractivity contribution in [1.29, 1.82) is 0 Å². The van der Waals surface area contributed by atoms with Crippen LogP contribution in [0.25, 0.3) is 10.2 Å². The van der Waals surface area contributed by atoms with Crippen LogP contribution in [0.1, 0.15) is 10.8 Å². The van der Waals surface area contributed by atoms with Crippen molar-refractivity contribution in [3.63, 3.8) is 0 Å². The quantitative estimate of drug-likeness (QED) is 0.787. The lowest BCUT2D eigenvalue weighted by Crippen LogP contribution is -2.10. The van der Waals surface area contributed by atoms with E-state index in [0.29, 0.717) is 18.4 Å². The van der Waals surface area contributed by atoms with Gasteiger partial charge in [-0.05, 0) is 18.1 Å². The summed E-state index contributed by atoms with van der Waals surface area (Å²) in [5.74, 6) is 1.86. The standard InChI is InChI=1S/C12H14N6OS/c1-7-4-8-10(14-6-15-11(8)20-7)13-5-9-16-12(17-19-9)18(2)3/h4,6H,5H2,1-3H3,(H,13,14,15). The normalized spacial score (nSPS) is 10.9. The van der Waals surface area contributed by atoms with Gasteiger partial charge in [0.15, 0.2) is 0 Å². The topological polar surface area (TPSA) is 80.0 Å². The first-order chi connectivity index (χ1) is 9.63. The first-order valence-corrected chi connectivity index (χ1v) is 6.90. The molecule has 0 amide bonds. The number of hydrogen-bond acceptors (Lipinski definition) is 8. The zero-order valence-corrected chi connectivity index (χ0v) is 12.2. The molecule has 0 spiro atoms. The molecule has 104 valence electrons. The molecule has 0 aliphatic heterocycles. The Hall–Kier alpha value is -2.22. The summed E-state index contributed by atoms with van der Waals surface area (Å²) in [4.78, 5) is 16.7. The molecular weight excluding hydrogens is 276 g/mol. The van der Waals surface area contributed by atoms with Crippen molar-refractivity contribution in [2.45, 2.75) is 13.5 Å². The first kappa shape index (κ1) is 12.8. The van der Waals surface area contributed by atoms with E-state index in [-0.39, 0.29) is 0 Å². The number of fused-ring (bicyclic) bond motifs is 1. The highest BCUT2D eigenvalue weighted by atomic mass is 32.1. The molecule has 0 aromatic carbocycles. The van der Waals surface area contributed by atoms with Crippen molar-refractivity contribution < 1.29 is 4.52 Å². The molecule has 7 nitrogen and oxygen atoms in total. The molecule has 3 aromatic heterocycles. The van der Waals surface area contributed by atoms with Crippen LogP contribution in [0.5, 0.6) is 0 Å². The Kier molecular flexibility index (Phi) is 3.23. The number of anilines is 2. The van der Waals surface area contributed by atoms with Crippen molar-refractivity contribution in [2.24, 2.45) is 0 Å². The van der Waals surface area contributed by atoms with Crippen LogP contribution < -0.4 is 10.2 Å². The molecule has 0 bridgehead atoms. The number of nitrogens with zero attached hydrogens (tertiary/aromatic N) is 5. The Bertz CT molecular complexity index is 734. The average Bonchev–Trinajstić information content (AvgIpc) is 3.01. The maximum absolute atomic E-state index is 5.16. The second kappa shape index (κ2) is 5.04. The summed E-state index contributed by atoms with van der Waals surface area (Å²) in [6.45, 7) is 2.49. The molecule has 8 heteroatoms. The van der Waals surface area contributed by atoms with Gasteiger partial charge in [0.2, 0.25) is 5.89 Å². The summed E-state index contributed by atoms with van der Waals surface area (Å²) in [6, 6.07) is 2.07. The van der Waals surface area contributed by atoms with Crippen molar-refractivity contribution in [3.8, 4) is 0 Å². The van der Waals surface area contributed by atoms with Gasteiger partial charge in [0.25, 0.3) is 5.95 Å². The molecule has 3 rings (SSSR count). The lowest BCUT2D eigenvalue weighted by atomic mass is 10.3. The van der Waals surface area contributed by atoms with Gasteiger partial charge in [-0.2, -0.15) is 4.98 Å². The van der Waals surface area contributed by atoms with E-state index in [1.54, 1.807) is 22.6 Å². The van der Waals surface area contributed by atoms with E-state index in [1.165, 1.54) is 4.88 Å². The maximum Gasteiger partial charge on any atom is 0.265 e. The summed E-state index contributed by atoms with van der Waals surface area (Å²) in [5, 5.41) is 8.09. The van der Waals surface area contributed by atoms with Crippen LogP contribution in [0.3, 0.4) is 0 Å². The Morgan fingerprint density at radius 2 is 2.20 bits per heavy atom. The van der Waals surface area contributed by atoms with Crippen LogP contribution in [0.2, 0.25) is 0 Å². The van der Waals surface area contributed by atoms with E-state index in [0.717, 1.165) is 16.0 Å². The zero-order valence-electron chi connectivity index (χ0n) is 11.4. The van der Waals surface area contributed by atoms with Gasteiger partial charge in [0.1, 0.15) is 17.0 Å². The Morgan fingerprint density at radius 1 is 1.35 bits per heavy atom. The van der Waals surface area contributed by atoms with E-state index in [2.05, 4.69) is 38.4 Å². The lowest BCUT2D eigenvalue weighted by molar-refractivity contribution is 0.383. The molecule has 0 unspecified atom stereocenters. The van der Waals surface area contributed by atoms with E-state index in [1.807, 2.05) is 14.1 Å². The van der Waals surface area contributed by atoms with Crippen molar-refractivity contribution in [1.82, 2.24) is 20.1 Å². The molecule has 0 aliphatic rings. The SMILES string of the molecule is Cc1cc2c(NCc3nc(N(C)C)no3)ncnc2s1. The molecule has 0 saturated heterocycles. The highest BCUT2D eigenvalue weighted by molar-refractivity contribution is 7.18. The molecule has 0 atom stereocenters. The summed E-state index contributed by atoms with van der Waals surface area (Å²) in [6.07, 6.45) is 1.56. The van der Waals surface area contributed by atoms with Crippen LogP contribution in [0, 0.1) is 6.92 Å². The van der Waals surface area contributed by atoms with E-state index >= 15 is 0 Å². The molecule has 3 heterocycles. The number of hydrogen-bond donors (Lipinski definition) is 1. The van der Waals surface area contributed by atoms with Crippen LogP contribution in [0.4, 0.5) is 11.8 Å². The molecule has 0 aliphatic carbocycles. The second-order valence-corrected chi connectivity index (χ2v) is 5.77. The van der Waals surface area contributed by atoms with Gasteiger partial charge in [-0.25, -0.2) is 9.97 Å². The van der Waals surface area contributed by atoms with Crippen LogP contribution in [-0.2, 0) is 6.54 Å². The van der Waals surface area contributed by atoms with Crippen LogP contribution in [-0.4, -0.2) is 34.2 Å². The van der Waals surface area contributed by atoms with Gasteiger partial charge in [-0.3, -0.25) is 0 Å². The second-order valence-electron chi connectivity index (χ2n) is 4.53. The van der Waals surface area contributed by atoms with Gasteiger partial charge < -0.3 is 14.7 Å². The number of aryl methyl sites for hydroxylation is 1. The van der Waals surface area contributed by atoms with Crippen LogP contribution >= 0.6 is 11.3 Å². The van der Waals surface area contributed by atoms with Crippen molar-refractivity contribution in [3.05, 3.63) is 23.2 Å². The number of rotatable bonds is 4. The minimum absolute atomic E-state index is 0.432. The Balaban J connectivity index is 1.79. The molecule has 1 N–H and O–H groups in total. The molecule has 0 fully saturated rings. The fourth-order valence-corrected chi connectivity index (χ4v) is 2.62. The fraction of sp³-hybridized carbons (Fsp3) is 0.333. The number of aromatic nitrogens is 4. The van der Waals surface area contributed by atoms with E-state index in [9.17, 15) is 0 Å². The van der Waals surface area contributed by atoms with Gasteiger partial charge in [0.05, 0.1) is 11.9 Å². The number of nitrogens with one attached hydrogen (secondary N) is 1. The Labute approximate surface area is 119 Å². The first-order valence-electron chi connectivity index (χ1n) is 6.08. The minimum atomic E-state index is 0.432. The summed E-state index contributed by atoms with van der Waals surface area (Å²) in [5.41, 5.74) is 0. The average molecular weight is 290 g/mol. The third kappa shape index (κ3) is 2.42. The molecule has 20 heavy (non-hydrogen) atoms. The Morgan fingerprint density at radius 3 is 2.95 bits per heavy atom. The van der Waals surface area contributed by atoms with Crippen LogP contribution in [0.15, 0.2) is 16.9 Å². The van der Waals surface area contributed by atoms with Crippen molar-refractivity contribution in [2.75, 3.05) is 24.3 Å². The lowest BCUT2D eigenvalue weighted by Gasteiger charge is -2.03. The molecule has 0 radical (unpaired) electrons. The highest BCUT2D eigenvalue weighted by Gasteiger charge is 2.10. The smallest absolute Gasteiger partial charge is 0.265 e. The third-order valence-electron chi connectivity index (χ3n) is 2.72. The molecular formula is C12H14N6OS.